The molecule has 2 saturated carbocycles. The number of hydrogen-bond acceptors (Lipinski definition) is 8. The lowest BCUT2D eigenvalue weighted by Gasteiger charge is -2.42. The molecule has 4 N–H and O–H groups in total. The van der Waals surface area contributed by atoms with Crippen molar-refractivity contribution >= 4 is 23.6 Å². The minimum Gasteiger partial charge on any atom is -0.388 e. The second-order valence-electron chi connectivity index (χ2n) is 11.7. The molecule has 0 radical (unpaired) electrons. The van der Waals surface area contributed by atoms with Crippen molar-refractivity contribution in [3.8, 4) is 0 Å². The van der Waals surface area contributed by atoms with E-state index in [0.717, 1.165) is 32.2 Å². The first-order valence-electron chi connectivity index (χ1n) is 13.7. The highest BCUT2D eigenvalue weighted by Crippen LogP contribution is 2.34. The van der Waals surface area contributed by atoms with Crippen LogP contribution in [-0.2, 0) is 23.9 Å². The van der Waals surface area contributed by atoms with Crippen molar-refractivity contribution in [3.63, 3.8) is 0 Å². The fourth-order valence-corrected chi connectivity index (χ4v) is 6.30. The molecule has 6 bridgehead atoms. The molecule has 7 atom stereocenters. The van der Waals surface area contributed by atoms with Gasteiger partial charge in [-0.2, -0.15) is 0 Å². The quantitative estimate of drug-likeness (QED) is 0.317. The third kappa shape index (κ3) is 5.08. The van der Waals surface area contributed by atoms with Gasteiger partial charge in [0.2, 0.25) is 23.6 Å². The van der Waals surface area contributed by atoms with Crippen molar-refractivity contribution in [1.29, 1.82) is 0 Å². The highest BCUT2D eigenvalue weighted by atomic mass is 16.5. The van der Waals surface area contributed by atoms with Gasteiger partial charge in [0.1, 0.15) is 24.4 Å². The highest BCUT2D eigenvalue weighted by molar-refractivity contribution is 5.91. The molecule has 6 rings (SSSR count). The lowest BCUT2D eigenvalue weighted by atomic mass is 10.0. The third-order valence-electron chi connectivity index (χ3n) is 8.77. The number of nitrogens with zero attached hydrogens (tertiary/aromatic N) is 3. The van der Waals surface area contributed by atoms with Crippen molar-refractivity contribution in [2.45, 2.75) is 81.1 Å². The Morgan fingerprint density at radius 3 is 2.46 bits per heavy atom. The summed E-state index contributed by atoms with van der Waals surface area (Å²) >= 11 is 0. The van der Waals surface area contributed by atoms with Gasteiger partial charge in [0.25, 0.3) is 0 Å². The maximum atomic E-state index is 13.8. The van der Waals surface area contributed by atoms with E-state index < -0.39 is 42.4 Å². The van der Waals surface area contributed by atoms with E-state index in [4.69, 9.17) is 4.74 Å². The van der Waals surface area contributed by atoms with Crippen LogP contribution in [0.25, 0.3) is 0 Å². The summed E-state index contributed by atoms with van der Waals surface area (Å²) in [6.07, 6.45) is -0.0466. The highest BCUT2D eigenvalue weighted by Gasteiger charge is 2.48. The van der Waals surface area contributed by atoms with Crippen LogP contribution in [0.5, 0.6) is 0 Å². The number of carbonyl (C=O) groups is 4. The Labute approximate surface area is 215 Å². The van der Waals surface area contributed by atoms with Gasteiger partial charge < -0.3 is 35.4 Å². The molecule has 0 aromatic rings. The predicted octanol–water partition coefficient (Wildman–Crippen LogP) is -2.59. The molecule has 0 unspecified atom stereocenters. The summed E-state index contributed by atoms with van der Waals surface area (Å²) in [6.45, 7) is 2.04. The summed E-state index contributed by atoms with van der Waals surface area (Å²) < 4.78 is 5.78. The Kier molecular flexibility index (Phi) is 6.62. The second kappa shape index (κ2) is 9.79. The van der Waals surface area contributed by atoms with Crippen LogP contribution in [-0.4, -0.2) is 130 Å². The van der Waals surface area contributed by atoms with Gasteiger partial charge >= 0.3 is 0 Å². The van der Waals surface area contributed by atoms with Crippen LogP contribution in [0.4, 0.5) is 0 Å². The SMILES string of the molecule is O=C1C[C@@H]2O[C@H](CNC(=O)[C@@H]3CN(CCN3C(=O)C3CC3)C(=O)[C@@H]3C[C@@H](CN3CC3CC3)N1)[C@@H](O)[C@H]2O. The summed E-state index contributed by atoms with van der Waals surface area (Å²) in [5.41, 5.74) is 0. The topological polar surface area (TPSA) is 152 Å². The average molecular weight is 520 g/mol. The number of aliphatic hydroxyl groups is 2. The molecule has 12 nitrogen and oxygen atoms in total. The van der Waals surface area contributed by atoms with E-state index in [-0.39, 0.29) is 55.7 Å². The van der Waals surface area contributed by atoms with Gasteiger partial charge in [-0.1, -0.05) is 0 Å². The van der Waals surface area contributed by atoms with E-state index in [9.17, 15) is 29.4 Å². The smallest absolute Gasteiger partial charge is 0.244 e. The molecule has 4 amide bonds. The number of likely N-dealkylation sites (tertiary alicyclic amines) is 1. The molecule has 4 aliphatic heterocycles. The molecule has 0 aromatic carbocycles. The molecule has 6 fully saturated rings. The number of rotatable bonds is 3. The van der Waals surface area contributed by atoms with Crippen LogP contribution in [0.15, 0.2) is 0 Å². The molecule has 0 aromatic heterocycles. The van der Waals surface area contributed by atoms with Gasteiger partial charge in [-0.15, -0.1) is 0 Å². The zero-order chi connectivity index (χ0) is 25.8. The van der Waals surface area contributed by atoms with Crippen LogP contribution < -0.4 is 10.6 Å². The van der Waals surface area contributed by atoms with Crippen molar-refractivity contribution < 1.29 is 34.1 Å². The number of fused-ring (bicyclic) bond motifs is 6. The first-order valence-corrected chi connectivity index (χ1v) is 13.7. The summed E-state index contributed by atoms with van der Waals surface area (Å²) in [5, 5.41) is 26.8. The van der Waals surface area contributed by atoms with Gasteiger partial charge in [-0.25, -0.2) is 0 Å². The molecule has 2 aliphatic carbocycles. The molecule has 4 heterocycles. The summed E-state index contributed by atoms with van der Waals surface area (Å²) in [4.78, 5) is 58.4. The number of piperazine rings is 1. The predicted molar refractivity (Wildman–Crippen MR) is 128 cm³/mol. The lowest BCUT2D eigenvalue weighted by Crippen LogP contribution is -2.63. The summed E-state index contributed by atoms with van der Waals surface area (Å²) in [7, 11) is 0. The average Bonchev–Trinajstić information content (AvgIpc) is 3.81. The van der Waals surface area contributed by atoms with E-state index in [2.05, 4.69) is 15.5 Å². The monoisotopic (exact) mass is 519 g/mol. The minimum atomic E-state index is -1.26. The van der Waals surface area contributed by atoms with Crippen molar-refractivity contribution in [3.05, 3.63) is 0 Å². The van der Waals surface area contributed by atoms with E-state index in [0.29, 0.717) is 25.4 Å². The standard InChI is InChI=1S/C25H37N5O7/c31-20-8-18-21(32)22(33)19(37-18)9-26-23(34)17-12-28(5-6-30(17)24(35)14-3-4-14)25(36)16-7-15(27-20)11-29(16)10-13-1-2-13/h13-19,21-22,32-33H,1-12H2,(H,26,34)(H,27,31)/t15-,16-,17-,18-,19+,21-,22+/m0/s1. The number of ether oxygens (including phenoxy) is 1. The van der Waals surface area contributed by atoms with Crippen LogP contribution in [0.1, 0.15) is 38.5 Å². The van der Waals surface area contributed by atoms with Crippen molar-refractivity contribution in [2.75, 3.05) is 39.3 Å². The molecule has 37 heavy (non-hydrogen) atoms. The Hall–Kier alpha value is -2.28. The van der Waals surface area contributed by atoms with E-state index in [1.807, 2.05) is 0 Å². The molecule has 4 saturated heterocycles. The Morgan fingerprint density at radius 2 is 1.73 bits per heavy atom. The van der Waals surface area contributed by atoms with Gasteiger partial charge in [0.05, 0.1) is 25.1 Å². The molecular weight excluding hydrogens is 482 g/mol. The largest absolute Gasteiger partial charge is 0.388 e. The van der Waals surface area contributed by atoms with Crippen LogP contribution >= 0.6 is 0 Å². The van der Waals surface area contributed by atoms with Gasteiger partial charge in [-0.3, -0.25) is 24.1 Å². The fourth-order valence-electron chi connectivity index (χ4n) is 6.30. The number of amides is 4. The van der Waals surface area contributed by atoms with Gasteiger partial charge in [0.15, 0.2) is 0 Å². The zero-order valence-electron chi connectivity index (χ0n) is 21.0. The van der Waals surface area contributed by atoms with Gasteiger partial charge in [0, 0.05) is 44.7 Å². The molecule has 12 heteroatoms. The van der Waals surface area contributed by atoms with E-state index >= 15 is 0 Å². The van der Waals surface area contributed by atoms with E-state index in [1.54, 1.807) is 9.80 Å². The molecule has 204 valence electrons. The molecule has 6 aliphatic rings. The molecule has 0 spiro atoms. The molecular formula is C25H37N5O7. The minimum absolute atomic E-state index is 0.0479. The Morgan fingerprint density at radius 1 is 0.973 bits per heavy atom. The summed E-state index contributed by atoms with van der Waals surface area (Å²) in [6, 6.07) is -1.44. The Balaban J connectivity index is 1.26. The first kappa shape index (κ1) is 25.0. The third-order valence-corrected chi connectivity index (χ3v) is 8.77. The van der Waals surface area contributed by atoms with Crippen LogP contribution in [0.2, 0.25) is 0 Å². The Bertz CT molecular complexity index is 956. The van der Waals surface area contributed by atoms with Crippen molar-refractivity contribution in [1.82, 2.24) is 25.3 Å². The normalized spacial score (nSPS) is 39.5. The fraction of sp³-hybridized carbons (Fsp3) is 0.840. The maximum absolute atomic E-state index is 13.8. The second-order valence-corrected chi connectivity index (χ2v) is 11.7. The zero-order valence-corrected chi connectivity index (χ0v) is 21.0. The van der Waals surface area contributed by atoms with Gasteiger partial charge in [-0.05, 0) is 38.0 Å². The number of carbonyl (C=O) groups excluding carboxylic acids is 4. The summed E-state index contributed by atoms with van der Waals surface area (Å²) in [5.74, 6) is -0.317. The van der Waals surface area contributed by atoms with Crippen LogP contribution in [0.3, 0.4) is 0 Å². The van der Waals surface area contributed by atoms with E-state index in [1.165, 1.54) is 0 Å². The number of aliphatic hydroxyl groups excluding tert-OH is 2. The lowest BCUT2D eigenvalue weighted by molar-refractivity contribution is -0.151. The maximum Gasteiger partial charge on any atom is 0.244 e. The van der Waals surface area contributed by atoms with Crippen LogP contribution in [0, 0.1) is 11.8 Å². The number of hydrogen-bond donors (Lipinski definition) is 4. The first-order chi connectivity index (χ1) is 17.8. The van der Waals surface area contributed by atoms with Crippen molar-refractivity contribution in [2.24, 2.45) is 11.8 Å². The number of nitrogens with one attached hydrogen (secondary N) is 2.